The van der Waals surface area contributed by atoms with Crippen LogP contribution >= 0.6 is 11.3 Å². The Kier molecular flexibility index (Phi) is 5.40. The number of fused-ring (bicyclic) bond motifs is 2. The van der Waals surface area contributed by atoms with Crippen molar-refractivity contribution in [1.82, 2.24) is 0 Å². The molecule has 4 atom stereocenters. The van der Waals surface area contributed by atoms with Crippen molar-refractivity contribution in [2.45, 2.75) is 33.1 Å². The van der Waals surface area contributed by atoms with Gasteiger partial charge in [0.05, 0.1) is 18.9 Å². The Morgan fingerprint density at radius 2 is 1.80 bits per heavy atom. The lowest BCUT2D eigenvalue weighted by Gasteiger charge is -2.26. The minimum absolute atomic E-state index is 0.0668. The molecule has 2 N–H and O–H groups in total. The topological polar surface area (TPSA) is 92.7 Å². The van der Waals surface area contributed by atoms with Gasteiger partial charge in [0, 0.05) is 10.9 Å². The fraction of sp³-hybridized carbons (Fsp3) is 0.435. The molecule has 1 aromatic carbocycles. The fourth-order valence-corrected chi connectivity index (χ4v) is 6.15. The van der Waals surface area contributed by atoms with E-state index in [1.54, 1.807) is 0 Å². The number of thiophene rings is 1. The first-order valence-electron chi connectivity index (χ1n) is 10.1. The number of carboxylic acids is 1. The summed E-state index contributed by atoms with van der Waals surface area (Å²) in [6.45, 7) is 3.95. The van der Waals surface area contributed by atoms with Crippen molar-refractivity contribution < 1.29 is 24.2 Å². The average molecular weight is 428 g/mol. The van der Waals surface area contributed by atoms with Crippen molar-refractivity contribution in [3.05, 3.63) is 40.3 Å². The highest BCUT2D eigenvalue weighted by Crippen LogP contribution is 2.53. The lowest BCUT2D eigenvalue weighted by molar-refractivity contribution is -0.148. The number of aliphatic carboxylic acids is 1. The molecule has 1 amide bonds. The second kappa shape index (κ2) is 7.87. The molecular formula is C23H25NO5S. The molecule has 0 aliphatic heterocycles. The molecule has 2 aliphatic rings. The van der Waals surface area contributed by atoms with E-state index in [4.69, 9.17) is 4.74 Å². The Labute approximate surface area is 179 Å². The van der Waals surface area contributed by atoms with Gasteiger partial charge in [0.25, 0.3) is 0 Å². The first kappa shape index (κ1) is 20.6. The summed E-state index contributed by atoms with van der Waals surface area (Å²) < 4.78 is 5.01. The second-order valence-corrected chi connectivity index (χ2v) is 9.26. The third kappa shape index (κ3) is 3.41. The summed E-state index contributed by atoms with van der Waals surface area (Å²) in [5.41, 5.74) is 4.02. The molecule has 0 saturated heterocycles. The number of esters is 1. The Morgan fingerprint density at radius 3 is 2.47 bits per heavy atom. The maximum atomic E-state index is 13.1. The van der Waals surface area contributed by atoms with Crippen LogP contribution in [0.1, 0.15) is 40.7 Å². The summed E-state index contributed by atoms with van der Waals surface area (Å²) >= 11 is 1.27. The van der Waals surface area contributed by atoms with E-state index in [1.807, 2.05) is 37.4 Å². The lowest BCUT2D eigenvalue weighted by atomic mass is 9.78. The molecule has 7 heteroatoms. The normalized spacial score (nSPS) is 24.6. The molecule has 4 rings (SSSR count). The predicted octanol–water partition coefficient (Wildman–Crippen LogP) is 4.50. The van der Waals surface area contributed by atoms with E-state index < -0.39 is 23.8 Å². The van der Waals surface area contributed by atoms with Gasteiger partial charge in [-0.15, -0.1) is 11.3 Å². The number of anilines is 1. The monoisotopic (exact) mass is 427 g/mol. The molecule has 2 aliphatic carbocycles. The zero-order valence-electron chi connectivity index (χ0n) is 17.2. The smallest absolute Gasteiger partial charge is 0.341 e. The Balaban J connectivity index is 1.69. The maximum absolute atomic E-state index is 13.1. The van der Waals surface area contributed by atoms with E-state index in [1.165, 1.54) is 18.4 Å². The number of carbonyl (C=O) groups is 3. The van der Waals surface area contributed by atoms with Crippen molar-refractivity contribution in [3.8, 4) is 11.1 Å². The quantitative estimate of drug-likeness (QED) is 0.685. The number of ether oxygens (including phenoxy) is 1. The van der Waals surface area contributed by atoms with E-state index in [-0.39, 0.29) is 17.7 Å². The molecule has 0 unspecified atom stereocenters. The molecule has 30 heavy (non-hydrogen) atoms. The highest BCUT2D eigenvalue weighted by atomic mass is 32.1. The highest BCUT2D eigenvalue weighted by Gasteiger charge is 2.54. The molecule has 2 aromatic rings. The van der Waals surface area contributed by atoms with E-state index in [2.05, 4.69) is 5.32 Å². The number of carboxylic acid groups (broad SMARTS) is 1. The first-order chi connectivity index (χ1) is 14.3. The summed E-state index contributed by atoms with van der Waals surface area (Å²) in [5.74, 6) is -2.79. The summed E-state index contributed by atoms with van der Waals surface area (Å²) in [7, 11) is 1.31. The number of carbonyl (C=O) groups excluding carboxylic acids is 2. The first-order valence-corrected chi connectivity index (χ1v) is 11.0. The number of amides is 1. The van der Waals surface area contributed by atoms with Gasteiger partial charge < -0.3 is 15.2 Å². The minimum Gasteiger partial charge on any atom is -0.481 e. The van der Waals surface area contributed by atoms with Crippen molar-refractivity contribution in [2.75, 3.05) is 12.4 Å². The lowest BCUT2D eigenvalue weighted by Crippen LogP contribution is -2.37. The third-order valence-electron chi connectivity index (χ3n) is 6.60. The molecular weight excluding hydrogens is 402 g/mol. The average Bonchev–Trinajstić information content (AvgIpc) is 3.43. The van der Waals surface area contributed by atoms with E-state index >= 15 is 0 Å². The van der Waals surface area contributed by atoms with Gasteiger partial charge in [-0.25, -0.2) is 4.79 Å². The van der Waals surface area contributed by atoms with Crippen LogP contribution in [0.5, 0.6) is 0 Å². The van der Waals surface area contributed by atoms with Gasteiger partial charge in [-0.3, -0.25) is 9.59 Å². The van der Waals surface area contributed by atoms with E-state index in [0.717, 1.165) is 36.0 Å². The fourth-order valence-electron chi connectivity index (χ4n) is 5.20. The van der Waals surface area contributed by atoms with Crippen LogP contribution in [0, 0.1) is 37.5 Å². The van der Waals surface area contributed by atoms with Crippen LogP contribution < -0.4 is 5.32 Å². The SMILES string of the molecule is COC(=O)c1c(-c2cc(C)ccc2C)csc1NC(=O)[C@@H]1[C@H]2CC[C@@H](C2)[C@H]1C(=O)O. The number of methoxy groups -OCH3 is 1. The number of hydrogen-bond acceptors (Lipinski definition) is 5. The highest BCUT2D eigenvalue weighted by molar-refractivity contribution is 7.15. The zero-order valence-corrected chi connectivity index (χ0v) is 18.0. The molecule has 0 spiro atoms. The molecule has 1 aromatic heterocycles. The molecule has 2 bridgehead atoms. The van der Waals surface area contributed by atoms with Crippen LogP contribution in [-0.2, 0) is 14.3 Å². The molecule has 1 heterocycles. The molecule has 2 saturated carbocycles. The Hall–Kier alpha value is -2.67. The second-order valence-electron chi connectivity index (χ2n) is 8.38. The van der Waals surface area contributed by atoms with Crippen LogP contribution in [0.2, 0.25) is 0 Å². The maximum Gasteiger partial charge on any atom is 0.341 e. The van der Waals surface area contributed by atoms with Gasteiger partial charge in [0.15, 0.2) is 0 Å². The van der Waals surface area contributed by atoms with Crippen molar-refractivity contribution in [2.24, 2.45) is 23.7 Å². The van der Waals surface area contributed by atoms with Gasteiger partial charge in [0.2, 0.25) is 5.91 Å². The standard InChI is InChI=1S/C23H25NO5S/c1-11-4-5-12(2)15(8-11)16-10-30-21(19(16)23(28)29-3)24-20(25)17-13-6-7-14(9-13)18(17)22(26)27/h4-5,8,10,13-14,17-18H,6-7,9H2,1-3H3,(H,24,25)(H,26,27)/t13-,14-,17+,18+/m0/s1. The molecule has 2 fully saturated rings. The van der Waals surface area contributed by atoms with Crippen molar-refractivity contribution >= 4 is 34.2 Å². The molecule has 0 radical (unpaired) electrons. The summed E-state index contributed by atoms with van der Waals surface area (Å²) in [5, 5.41) is 14.8. The van der Waals surface area contributed by atoms with E-state index in [9.17, 15) is 19.5 Å². The number of hydrogen-bond donors (Lipinski definition) is 2. The summed E-state index contributed by atoms with van der Waals surface area (Å²) in [6.07, 6.45) is 2.54. The minimum atomic E-state index is -0.905. The number of aryl methyl sites for hydroxylation is 2. The predicted molar refractivity (Wildman–Crippen MR) is 115 cm³/mol. The number of rotatable bonds is 5. The number of nitrogens with one attached hydrogen (secondary N) is 1. The van der Waals surface area contributed by atoms with Gasteiger partial charge in [-0.2, -0.15) is 0 Å². The Bertz CT molecular complexity index is 1030. The van der Waals surface area contributed by atoms with Crippen molar-refractivity contribution in [1.29, 1.82) is 0 Å². The third-order valence-corrected chi connectivity index (χ3v) is 7.50. The molecule has 158 valence electrons. The van der Waals surface area contributed by atoms with Gasteiger partial charge in [0.1, 0.15) is 10.6 Å². The van der Waals surface area contributed by atoms with Gasteiger partial charge in [-0.05, 0) is 56.1 Å². The van der Waals surface area contributed by atoms with Gasteiger partial charge in [-0.1, -0.05) is 23.8 Å². The number of benzene rings is 1. The van der Waals surface area contributed by atoms with Crippen LogP contribution in [0.3, 0.4) is 0 Å². The molecule has 6 nitrogen and oxygen atoms in total. The van der Waals surface area contributed by atoms with E-state index in [0.29, 0.717) is 16.1 Å². The largest absolute Gasteiger partial charge is 0.481 e. The van der Waals surface area contributed by atoms with Crippen molar-refractivity contribution in [3.63, 3.8) is 0 Å². The zero-order chi connectivity index (χ0) is 21.6. The summed E-state index contributed by atoms with van der Waals surface area (Å²) in [4.78, 5) is 37.5. The summed E-state index contributed by atoms with van der Waals surface area (Å²) in [6, 6.07) is 6.01. The Morgan fingerprint density at radius 1 is 1.10 bits per heavy atom. The van der Waals surface area contributed by atoms with Crippen LogP contribution in [0.15, 0.2) is 23.6 Å². The van der Waals surface area contributed by atoms with Crippen LogP contribution in [-0.4, -0.2) is 30.1 Å². The van der Waals surface area contributed by atoms with Crippen LogP contribution in [0.25, 0.3) is 11.1 Å². The van der Waals surface area contributed by atoms with Crippen LogP contribution in [0.4, 0.5) is 5.00 Å². The van der Waals surface area contributed by atoms with Gasteiger partial charge >= 0.3 is 11.9 Å².